The number of rotatable bonds is 20. The summed E-state index contributed by atoms with van der Waals surface area (Å²) in [6.45, 7) is 3.30. The van der Waals surface area contributed by atoms with Crippen LogP contribution in [0.2, 0.25) is 0 Å². The molecule has 28 heavy (non-hydrogen) atoms. The average molecular weight is 422 g/mol. The maximum atomic E-state index is 12.0. The standard InChI is InChI=1S/C21H44N2O4S/c1-4-5-6-7-8-9-10-11-12-13-14-15-19-28(26,27)22-17-16-18-23(2,3)20-21(24)25/h22H,4-20H2,1-3H3/p+1. The molecule has 0 aliphatic carbocycles. The summed E-state index contributed by atoms with van der Waals surface area (Å²) in [6, 6.07) is 0. The van der Waals surface area contributed by atoms with Crippen molar-refractivity contribution < 1.29 is 22.8 Å². The van der Waals surface area contributed by atoms with Crippen molar-refractivity contribution >= 4 is 16.0 Å². The van der Waals surface area contributed by atoms with E-state index < -0.39 is 16.0 Å². The third-order valence-electron chi connectivity index (χ3n) is 5.09. The number of unbranched alkanes of at least 4 members (excludes halogenated alkanes) is 11. The lowest BCUT2D eigenvalue weighted by atomic mass is 10.1. The first-order chi connectivity index (χ1) is 13.2. The van der Waals surface area contributed by atoms with E-state index in [4.69, 9.17) is 5.11 Å². The number of aliphatic carboxylic acids is 1. The second-order valence-corrected chi connectivity index (χ2v) is 10.6. The predicted octanol–water partition coefficient (Wildman–Crippen LogP) is 4.16. The van der Waals surface area contributed by atoms with Gasteiger partial charge in [0.25, 0.3) is 0 Å². The number of carbonyl (C=O) groups is 1. The molecule has 7 heteroatoms. The van der Waals surface area contributed by atoms with Crippen LogP contribution in [0.3, 0.4) is 0 Å². The molecule has 6 nitrogen and oxygen atoms in total. The molecular formula is C21H45N2O4S+. The Hall–Kier alpha value is -0.660. The Kier molecular flexibility index (Phi) is 15.8. The van der Waals surface area contributed by atoms with Crippen LogP contribution in [0.1, 0.15) is 90.4 Å². The summed E-state index contributed by atoms with van der Waals surface area (Å²) in [7, 11) is 0.477. The summed E-state index contributed by atoms with van der Waals surface area (Å²) < 4.78 is 27.0. The van der Waals surface area contributed by atoms with Gasteiger partial charge in [-0.2, -0.15) is 0 Å². The Labute approximate surface area is 173 Å². The lowest BCUT2D eigenvalue weighted by Crippen LogP contribution is -2.45. The fourth-order valence-corrected chi connectivity index (χ4v) is 4.57. The van der Waals surface area contributed by atoms with Gasteiger partial charge in [-0.15, -0.1) is 0 Å². The summed E-state index contributed by atoms with van der Waals surface area (Å²) in [5, 5.41) is 8.85. The van der Waals surface area contributed by atoms with Gasteiger partial charge in [-0.25, -0.2) is 17.9 Å². The molecule has 0 rings (SSSR count). The highest BCUT2D eigenvalue weighted by Crippen LogP contribution is 2.12. The second kappa shape index (κ2) is 16.2. The zero-order valence-electron chi connectivity index (χ0n) is 18.5. The zero-order valence-corrected chi connectivity index (χ0v) is 19.4. The van der Waals surface area contributed by atoms with Crippen molar-refractivity contribution in [2.75, 3.05) is 39.5 Å². The van der Waals surface area contributed by atoms with Crippen LogP contribution in [-0.2, 0) is 14.8 Å². The van der Waals surface area contributed by atoms with Crippen molar-refractivity contribution in [3.05, 3.63) is 0 Å². The fraction of sp³-hybridized carbons (Fsp3) is 0.952. The van der Waals surface area contributed by atoms with Crippen molar-refractivity contribution in [3.8, 4) is 0 Å². The van der Waals surface area contributed by atoms with Gasteiger partial charge in [-0.1, -0.05) is 77.6 Å². The number of nitrogens with one attached hydrogen (secondary N) is 1. The summed E-state index contributed by atoms with van der Waals surface area (Å²) >= 11 is 0. The Morgan fingerprint density at radius 2 is 1.29 bits per heavy atom. The number of carboxylic acids is 1. The molecule has 0 aromatic carbocycles. The third kappa shape index (κ3) is 18.7. The Morgan fingerprint density at radius 3 is 1.75 bits per heavy atom. The molecule has 0 bridgehead atoms. The van der Waals surface area contributed by atoms with E-state index in [1.165, 1.54) is 57.8 Å². The first-order valence-corrected chi connectivity index (χ1v) is 12.8. The van der Waals surface area contributed by atoms with Crippen LogP contribution >= 0.6 is 0 Å². The maximum absolute atomic E-state index is 12.0. The van der Waals surface area contributed by atoms with E-state index >= 15 is 0 Å². The summed E-state index contributed by atoms with van der Waals surface area (Å²) in [4.78, 5) is 10.8. The van der Waals surface area contributed by atoms with Crippen LogP contribution in [-0.4, -0.2) is 63.5 Å². The lowest BCUT2D eigenvalue weighted by molar-refractivity contribution is -0.883. The molecule has 0 atom stereocenters. The minimum atomic E-state index is -3.21. The number of likely N-dealkylation sites (N-methyl/N-ethyl adjacent to an activating group) is 1. The van der Waals surface area contributed by atoms with Gasteiger partial charge in [-0.05, 0) is 6.42 Å². The van der Waals surface area contributed by atoms with Gasteiger partial charge < -0.3 is 9.59 Å². The topological polar surface area (TPSA) is 83.5 Å². The third-order valence-corrected chi connectivity index (χ3v) is 6.56. The highest BCUT2D eigenvalue weighted by molar-refractivity contribution is 7.89. The zero-order chi connectivity index (χ0) is 21.3. The molecule has 0 spiro atoms. The molecular weight excluding hydrogens is 376 g/mol. The quantitative estimate of drug-likeness (QED) is 0.228. The molecule has 0 radical (unpaired) electrons. The fourth-order valence-electron chi connectivity index (χ4n) is 3.39. The molecule has 0 aromatic rings. The molecule has 0 fully saturated rings. The number of hydrogen-bond donors (Lipinski definition) is 2. The van der Waals surface area contributed by atoms with Gasteiger partial charge in [0.2, 0.25) is 10.0 Å². The molecule has 0 aliphatic rings. The SMILES string of the molecule is CCCCCCCCCCCCCCS(=O)(=O)NCCC[N+](C)(C)CC(=O)O. The van der Waals surface area contributed by atoms with Crippen LogP contribution in [0, 0.1) is 0 Å². The van der Waals surface area contributed by atoms with Crippen LogP contribution < -0.4 is 4.72 Å². The molecule has 0 heterocycles. The van der Waals surface area contributed by atoms with Crippen molar-refractivity contribution in [2.24, 2.45) is 0 Å². The normalized spacial score (nSPS) is 12.4. The van der Waals surface area contributed by atoms with Crippen molar-refractivity contribution in [1.82, 2.24) is 4.72 Å². The molecule has 0 unspecified atom stereocenters. The summed E-state index contributed by atoms with van der Waals surface area (Å²) in [6.07, 6.45) is 15.3. The number of nitrogens with zero attached hydrogens (tertiary/aromatic N) is 1. The van der Waals surface area contributed by atoms with Crippen molar-refractivity contribution in [2.45, 2.75) is 90.4 Å². The molecule has 0 saturated heterocycles. The van der Waals surface area contributed by atoms with Crippen LogP contribution in [0.25, 0.3) is 0 Å². The Balaban J connectivity index is 3.56. The van der Waals surface area contributed by atoms with Gasteiger partial charge >= 0.3 is 5.97 Å². The van der Waals surface area contributed by atoms with E-state index in [0.29, 0.717) is 30.4 Å². The van der Waals surface area contributed by atoms with Gasteiger partial charge in [0.05, 0.1) is 26.4 Å². The van der Waals surface area contributed by atoms with E-state index in [-0.39, 0.29) is 12.3 Å². The van der Waals surface area contributed by atoms with Gasteiger partial charge in [0, 0.05) is 13.0 Å². The maximum Gasteiger partial charge on any atom is 0.359 e. The van der Waals surface area contributed by atoms with Crippen molar-refractivity contribution in [1.29, 1.82) is 0 Å². The second-order valence-electron chi connectivity index (χ2n) is 8.67. The van der Waals surface area contributed by atoms with Crippen molar-refractivity contribution in [3.63, 3.8) is 0 Å². The summed E-state index contributed by atoms with van der Waals surface area (Å²) in [5.41, 5.74) is 0. The van der Waals surface area contributed by atoms with E-state index in [1.807, 2.05) is 14.1 Å². The molecule has 2 N–H and O–H groups in total. The molecule has 0 saturated carbocycles. The minimum Gasteiger partial charge on any atom is -0.477 e. The minimum absolute atomic E-state index is 0.0472. The molecule has 0 aliphatic heterocycles. The molecule has 0 aromatic heterocycles. The molecule has 168 valence electrons. The van der Waals surface area contributed by atoms with Gasteiger partial charge in [-0.3, -0.25) is 0 Å². The van der Waals surface area contributed by atoms with Crippen LogP contribution in [0.15, 0.2) is 0 Å². The van der Waals surface area contributed by atoms with E-state index in [0.717, 1.165) is 12.8 Å². The Morgan fingerprint density at radius 1 is 0.821 bits per heavy atom. The van der Waals surface area contributed by atoms with E-state index in [1.54, 1.807) is 0 Å². The Bertz CT molecular complexity index is 493. The first-order valence-electron chi connectivity index (χ1n) is 11.2. The van der Waals surface area contributed by atoms with Crippen LogP contribution in [0.5, 0.6) is 0 Å². The van der Waals surface area contributed by atoms with E-state index in [9.17, 15) is 13.2 Å². The number of sulfonamides is 1. The van der Waals surface area contributed by atoms with E-state index in [2.05, 4.69) is 11.6 Å². The summed E-state index contributed by atoms with van der Waals surface area (Å²) in [5.74, 6) is -0.643. The highest BCUT2D eigenvalue weighted by atomic mass is 32.2. The first kappa shape index (κ1) is 27.3. The monoisotopic (exact) mass is 421 g/mol. The smallest absolute Gasteiger partial charge is 0.359 e. The predicted molar refractivity (Wildman–Crippen MR) is 117 cm³/mol. The van der Waals surface area contributed by atoms with Gasteiger partial charge in [0.1, 0.15) is 0 Å². The number of quaternary nitrogens is 1. The highest BCUT2D eigenvalue weighted by Gasteiger charge is 2.19. The lowest BCUT2D eigenvalue weighted by Gasteiger charge is -2.27. The average Bonchev–Trinajstić information content (AvgIpc) is 2.58. The number of hydrogen-bond acceptors (Lipinski definition) is 3. The largest absolute Gasteiger partial charge is 0.477 e. The number of carboxylic acid groups (broad SMARTS) is 1. The molecule has 0 amide bonds. The van der Waals surface area contributed by atoms with Crippen LogP contribution in [0.4, 0.5) is 0 Å². The van der Waals surface area contributed by atoms with Gasteiger partial charge in [0.15, 0.2) is 6.54 Å².